The third-order valence-corrected chi connectivity index (χ3v) is 3.57. The van der Waals surface area contributed by atoms with Crippen molar-refractivity contribution in [2.24, 2.45) is 5.92 Å². The van der Waals surface area contributed by atoms with Gasteiger partial charge in [-0.1, -0.05) is 11.8 Å². The quantitative estimate of drug-likeness (QED) is 0.570. The van der Waals surface area contributed by atoms with Crippen molar-refractivity contribution in [3.05, 3.63) is 0 Å². The highest BCUT2D eigenvalue weighted by Crippen LogP contribution is 2.16. The SMILES string of the molecule is CNCC#CC1CCS(=O)(=O)C1. The van der Waals surface area contributed by atoms with Crippen molar-refractivity contribution in [3.63, 3.8) is 0 Å². The summed E-state index contributed by atoms with van der Waals surface area (Å²) in [5, 5.41) is 2.89. The van der Waals surface area contributed by atoms with Crippen LogP contribution in [0.3, 0.4) is 0 Å². The van der Waals surface area contributed by atoms with Gasteiger partial charge in [0.1, 0.15) is 0 Å². The molecule has 1 aliphatic rings. The van der Waals surface area contributed by atoms with E-state index in [2.05, 4.69) is 17.2 Å². The molecule has 0 aliphatic carbocycles. The fourth-order valence-corrected chi connectivity index (χ4v) is 2.87. The lowest BCUT2D eigenvalue weighted by Gasteiger charge is -1.93. The summed E-state index contributed by atoms with van der Waals surface area (Å²) in [6.07, 6.45) is 0.707. The first-order chi connectivity index (χ1) is 5.64. The van der Waals surface area contributed by atoms with Gasteiger partial charge in [-0.25, -0.2) is 8.42 Å². The standard InChI is InChI=1S/C8H13NO2S/c1-9-5-2-3-8-4-6-12(10,11)7-8/h8-9H,4-7H2,1H3. The third-order valence-electron chi connectivity index (χ3n) is 1.80. The predicted octanol–water partition coefficient (Wildman–Crippen LogP) is -0.356. The van der Waals surface area contributed by atoms with Crippen molar-refractivity contribution in [2.45, 2.75) is 6.42 Å². The van der Waals surface area contributed by atoms with Crippen LogP contribution in [0.4, 0.5) is 0 Å². The highest BCUT2D eigenvalue weighted by atomic mass is 32.2. The first-order valence-electron chi connectivity index (χ1n) is 3.97. The van der Waals surface area contributed by atoms with Crippen LogP contribution in [0.25, 0.3) is 0 Å². The lowest BCUT2D eigenvalue weighted by atomic mass is 10.1. The van der Waals surface area contributed by atoms with Gasteiger partial charge >= 0.3 is 0 Å². The van der Waals surface area contributed by atoms with Gasteiger partial charge in [0, 0.05) is 5.92 Å². The van der Waals surface area contributed by atoms with Gasteiger partial charge < -0.3 is 5.32 Å². The summed E-state index contributed by atoms with van der Waals surface area (Å²) in [5.41, 5.74) is 0. The summed E-state index contributed by atoms with van der Waals surface area (Å²) in [7, 11) is -0.936. The predicted molar refractivity (Wildman–Crippen MR) is 48.5 cm³/mol. The van der Waals surface area contributed by atoms with Gasteiger partial charge in [-0.3, -0.25) is 0 Å². The zero-order chi connectivity index (χ0) is 9.03. The van der Waals surface area contributed by atoms with Crippen LogP contribution in [-0.2, 0) is 9.84 Å². The second-order valence-corrected chi connectivity index (χ2v) is 5.18. The maximum Gasteiger partial charge on any atom is 0.151 e. The minimum Gasteiger partial charge on any atom is -0.309 e. The molecule has 0 bridgehead atoms. The summed E-state index contributed by atoms with van der Waals surface area (Å²) in [6, 6.07) is 0. The van der Waals surface area contributed by atoms with E-state index in [4.69, 9.17) is 0 Å². The molecule has 1 unspecified atom stereocenters. The number of nitrogens with one attached hydrogen (secondary N) is 1. The summed E-state index contributed by atoms with van der Waals surface area (Å²) in [4.78, 5) is 0. The molecule has 1 fully saturated rings. The van der Waals surface area contributed by atoms with Gasteiger partial charge in [0.15, 0.2) is 9.84 Å². The second-order valence-electron chi connectivity index (χ2n) is 2.95. The molecule has 1 aliphatic heterocycles. The molecule has 0 radical (unpaired) electrons. The molecule has 68 valence electrons. The van der Waals surface area contributed by atoms with Crippen molar-refractivity contribution in [1.29, 1.82) is 0 Å². The smallest absolute Gasteiger partial charge is 0.151 e. The largest absolute Gasteiger partial charge is 0.309 e. The molecule has 0 aromatic rings. The average Bonchev–Trinajstić information content (AvgIpc) is 2.31. The Balaban J connectivity index is 2.45. The van der Waals surface area contributed by atoms with Crippen LogP contribution in [0, 0.1) is 17.8 Å². The molecule has 0 aromatic heterocycles. The number of rotatable bonds is 1. The van der Waals surface area contributed by atoms with Crippen LogP contribution in [-0.4, -0.2) is 33.5 Å². The molecule has 4 heteroatoms. The van der Waals surface area contributed by atoms with Crippen LogP contribution in [0.1, 0.15) is 6.42 Å². The first kappa shape index (κ1) is 9.56. The van der Waals surface area contributed by atoms with E-state index in [-0.39, 0.29) is 11.7 Å². The van der Waals surface area contributed by atoms with Gasteiger partial charge in [-0.15, -0.1) is 0 Å². The number of hydrogen-bond acceptors (Lipinski definition) is 3. The Morgan fingerprint density at radius 3 is 2.83 bits per heavy atom. The monoisotopic (exact) mass is 187 g/mol. The molecule has 1 atom stereocenters. The van der Waals surface area contributed by atoms with E-state index in [0.29, 0.717) is 18.7 Å². The molecule has 12 heavy (non-hydrogen) atoms. The topological polar surface area (TPSA) is 46.2 Å². The Kier molecular flexibility index (Phi) is 3.12. The lowest BCUT2D eigenvalue weighted by Crippen LogP contribution is -2.06. The highest BCUT2D eigenvalue weighted by Gasteiger charge is 2.25. The summed E-state index contributed by atoms with van der Waals surface area (Å²) < 4.78 is 22.0. The van der Waals surface area contributed by atoms with E-state index in [1.807, 2.05) is 7.05 Å². The van der Waals surface area contributed by atoms with E-state index in [1.165, 1.54) is 0 Å². The molecule has 1 rings (SSSR count). The van der Waals surface area contributed by atoms with Crippen LogP contribution in [0.5, 0.6) is 0 Å². The number of sulfone groups is 1. The highest BCUT2D eigenvalue weighted by molar-refractivity contribution is 7.91. The maximum absolute atomic E-state index is 11.0. The lowest BCUT2D eigenvalue weighted by molar-refractivity contribution is 0.601. The van der Waals surface area contributed by atoms with E-state index >= 15 is 0 Å². The zero-order valence-corrected chi connectivity index (χ0v) is 7.95. The molecule has 1 N–H and O–H groups in total. The third kappa shape index (κ3) is 2.84. The van der Waals surface area contributed by atoms with E-state index < -0.39 is 9.84 Å². The van der Waals surface area contributed by atoms with Gasteiger partial charge in [-0.2, -0.15) is 0 Å². The van der Waals surface area contributed by atoms with Crippen LogP contribution in [0.2, 0.25) is 0 Å². The summed E-state index contributed by atoms with van der Waals surface area (Å²) >= 11 is 0. The van der Waals surface area contributed by atoms with Crippen LogP contribution in [0.15, 0.2) is 0 Å². The van der Waals surface area contributed by atoms with Gasteiger partial charge in [-0.05, 0) is 13.5 Å². The average molecular weight is 187 g/mol. The van der Waals surface area contributed by atoms with Crippen molar-refractivity contribution >= 4 is 9.84 Å². The fourth-order valence-electron chi connectivity index (χ4n) is 1.19. The van der Waals surface area contributed by atoms with E-state index in [9.17, 15) is 8.42 Å². The van der Waals surface area contributed by atoms with Crippen molar-refractivity contribution in [3.8, 4) is 11.8 Å². The molecule has 0 spiro atoms. The molecule has 1 heterocycles. The first-order valence-corrected chi connectivity index (χ1v) is 5.79. The Hall–Kier alpha value is -0.530. The van der Waals surface area contributed by atoms with Crippen LogP contribution < -0.4 is 5.32 Å². The Morgan fingerprint density at radius 1 is 1.58 bits per heavy atom. The molecule has 0 aromatic carbocycles. The Bertz CT molecular complexity index is 297. The Morgan fingerprint density at radius 2 is 2.33 bits per heavy atom. The minimum absolute atomic E-state index is 0.0725. The van der Waals surface area contributed by atoms with E-state index in [0.717, 1.165) is 0 Å². The fraction of sp³-hybridized carbons (Fsp3) is 0.750. The second kappa shape index (κ2) is 3.92. The van der Waals surface area contributed by atoms with Crippen molar-refractivity contribution < 1.29 is 8.42 Å². The van der Waals surface area contributed by atoms with Gasteiger partial charge in [0.25, 0.3) is 0 Å². The van der Waals surface area contributed by atoms with E-state index in [1.54, 1.807) is 0 Å². The summed E-state index contributed by atoms with van der Waals surface area (Å²) in [6.45, 7) is 0.635. The molecular formula is C8H13NO2S. The number of hydrogen-bond donors (Lipinski definition) is 1. The molecule has 0 amide bonds. The van der Waals surface area contributed by atoms with Crippen molar-refractivity contribution in [1.82, 2.24) is 5.32 Å². The molecule has 1 saturated heterocycles. The van der Waals surface area contributed by atoms with Crippen LogP contribution >= 0.6 is 0 Å². The van der Waals surface area contributed by atoms with Gasteiger partial charge in [0.05, 0.1) is 18.1 Å². The minimum atomic E-state index is -2.76. The van der Waals surface area contributed by atoms with Crippen molar-refractivity contribution in [2.75, 3.05) is 25.1 Å². The maximum atomic E-state index is 11.0. The van der Waals surface area contributed by atoms with Gasteiger partial charge in [0.2, 0.25) is 0 Å². The normalized spacial score (nSPS) is 26.2. The zero-order valence-electron chi connectivity index (χ0n) is 7.13. The molecular weight excluding hydrogens is 174 g/mol. The summed E-state index contributed by atoms with van der Waals surface area (Å²) in [5.74, 6) is 6.47. The molecule has 3 nitrogen and oxygen atoms in total. The Labute approximate surface area is 73.5 Å². The molecule has 0 saturated carbocycles.